The summed E-state index contributed by atoms with van der Waals surface area (Å²) in [6, 6.07) is 164. The van der Waals surface area contributed by atoms with Crippen molar-refractivity contribution in [2.75, 3.05) is 0 Å². The molecule has 0 saturated carbocycles. The molecule has 0 unspecified atom stereocenters. The maximum Gasteiger partial charge on any atom is -0.00139 e. The van der Waals surface area contributed by atoms with Gasteiger partial charge in [-0.1, -0.05) is 425 Å². The summed E-state index contributed by atoms with van der Waals surface area (Å²) in [4.78, 5) is 0. The van der Waals surface area contributed by atoms with Crippen LogP contribution in [0.15, 0.2) is 449 Å². The summed E-state index contributed by atoms with van der Waals surface area (Å²) in [7, 11) is 0. The third-order valence-corrected chi connectivity index (χ3v) is 24.2. The molecule has 0 spiro atoms. The number of benzene rings is 24. The fraction of sp³-hybridized carbons (Fsp3) is 0. The van der Waals surface area contributed by atoms with Gasteiger partial charge in [0.1, 0.15) is 0 Å². The summed E-state index contributed by atoms with van der Waals surface area (Å²) >= 11 is 0. The van der Waals surface area contributed by atoms with Crippen LogP contribution in [0.25, 0.3) is 229 Å². The van der Waals surface area contributed by atoms with E-state index >= 15 is 0 Å². The van der Waals surface area contributed by atoms with E-state index in [1.54, 1.807) is 0 Å². The highest BCUT2D eigenvalue weighted by atomic mass is 14.3. The Morgan fingerprint density at radius 1 is 0.0948 bits per heavy atom. The summed E-state index contributed by atoms with van der Waals surface area (Å²) in [5.74, 6) is 0. The van der Waals surface area contributed by atoms with Crippen LogP contribution in [0.4, 0.5) is 0 Å². The predicted molar refractivity (Wildman–Crippen MR) is 502 cm³/mol. The molecule has 0 nitrogen and oxygen atoms in total. The SMILES string of the molecule is c1ccc(-c2cccc(-c3c4ccccc4c(-c4ccc5ccccc5c4)c4ccc5ccccc5c34)c2)cc1.c1ccc2c(-c3c4ccccc4c(-c4cccc5ccccc45)c4c3ccc3ccccc34)cccc2c1.c1ccc2cc(-c3c4ccccc4c(-c4ccc5ccccc5c4)c4c3ccc3ccccc34)ccc2c1. The molecular weight excluding hydrogens is 1390 g/mol. The van der Waals surface area contributed by atoms with Crippen LogP contribution in [0.3, 0.4) is 0 Å². The lowest BCUT2D eigenvalue weighted by Gasteiger charge is -2.21. The fourth-order valence-corrected chi connectivity index (χ4v) is 19.0. The molecule has 0 aliphatic heterocycles. The molecule has 0 aliphatic carbocycles. The molecule has 0 aromatic heterocycles. The second kappa shape index (κ2) is 28.6. The number of rotatable bonds is 7. The van der Waals surface area contributed by atoms with Crippen molar-refractivity contribution in [3.63, 3.8) is 0 Å². The number of fused-ring (bicyclic) bond motifs is 17. The maximum atomic E-state index is 2.36. The largest absolute Gasteiger partial charge is 0.0622 e. The van der Waals surface area contributed by atoms with Gasteiger partial charge >= 0.3 is 0 Å². The number of hydrogen-bond donors (Lipinski definition) is 0. The normalized spacial score (nSPS) is 11.6. The third-order valence-electron chi connectivity index (χ3n) is 24.2. The van der Waals surface area contributed by atoms with Gasteiger partial charge in [0, 0.05) is 0 Å². The molecule has 0 aliphatic rings. The van der Waals surface area contributed by atoms with Crippen molar-refractivity contribution in [1.82, 2.24) is 0 Å². The van der Waals surface area contributed by atoms with Gasteiger partial charge < -0.3 is 0 Å². The van der Waals surface area contributed by atoms with Crippen LogP contribution in [0.1, 0.15) is 0 Å². The molecule has 538 valence electrons. The average molecular weight is 1470 g/mol. The summed E-state index contributed by atoms with van der Waals surface area (Å²) < 4.78 is 0. The molecule has 116 heavy (non-hydrogen) atoms. The summed E-state index contributed by atoms with van der Waals surface area (Å²) in [6.07, 6.45) is 0. The minimum absolute atomic E-state index is 1.23. The minimum atomic E-state index is 1.23. The van der Waals surface area contributed by atoms with Crippen LogP contribution in [-0.2, 0) is 0 Å². The Kier molecular flexibility index (Phi) is 16.7. The highest BCUT2D eigenvalue weighted by Gasteiger charge is 2.25. The van der Waals surface area contributed by atoms with Crippen molar-refractivity contribution in [2.24, 2.45) is 0 Å². The quantitative estimate of drug-likeness (QED) is 0.110. The Hall–Kier alpha value is -15.1. The van der Waals surface area contributed by atoms with Crippen LogP contribution in [0.2, 0.25) is 0 Å². The van der Waals surface area contributed by atoms with Crippen LogP contribution in [0, 0.1) is 0 Å². The number of hydrogen-bond acceptors (Lipinski definition) is 0. The topological polar surface area (TPSA) is 0 Å². The fourth-order valence-electron chi connectivity index (χ4n) is 19.0. The Morgan fingerprint density at radius 3 is 0.750 bits per heavy atom. The van der Waals surface area contributed by atoms with Gasteiger partial charge in [-0.2, -0.15) is 0 Å². The smallest absolute Gasteiger partial charge is 0.00139 e. The van der Waals surface area contributed by atoms with Gasteiger partial charge in [-0.15, -0.1) is 0 Å². The Labute approximate surface area is 673 Å². The lowest BCUT2D eigenvalue weighted by Crippen LogP contribution is -1.93. The van der Waals surface area contributed by atoms with Crippen LogP contribution >= 0.6 is 0 Å². The molecule has 0 fully saturated rings. The van der Waals surface area contributed by atoms with E-state index in [0.717, 1.165) is 0 Å². The van der Waals surface area contributed by atoms with Gasteiger partial charge in [-0.3, -0.25) is 0 Å². The highest BCUT2D eigenvalue weighted by Crippen LogP contribution is 2.52. The van der Waals surface area contributed by atoms with Gasteiger partial charge in [-0.25, -0.2) is 0 Å². The molecule has 0 bridgehead atoms. The molecule has 0 radical (unpaired) electrons. The molecule has 24 rings (SSSR count). The maximum absolute atomic E-state index is 2.36. The summed E-state index contributed by atoms with van der Waals surface area (Å²) in [5.41, 5.74) is 17.9. The first-order valence-corrected chi connectivity index (χ1v) is 40.3. The zero-order chi connectivity index (χ0) is 76.6. The lowest BCUT2D eigenvalue weighted by atomic mass is 9.82. The van der Waals surface area contributed by atoms with Gasteiger partial charge in [0.15, 0.2) is 0 Å². The first-order valence-electron chi connectivity index (χ1n) is 40.3. The molecule has 0 atom stereocenters. The van der Waals surface area contributed by atoms with E-state index in [1.807, 2.05) is 0 Å². The van der Waals surface area contributed by atoms with Crippen molar-refractivity contribution in [2.45, 2.75) is 0 Å². The molecule has 0 N–H and O–H groups in total. The van der Waals surface area contributed by atoms with E-state index < -0.39 is 0 Å². The molecule has 0 heteroatoms. The second-order valence-electron chi connectivity index (χ2n) is 30.7. The van der Waals surface area contributed by atoms with Gasteiger partial charge in [0.2, 0.25) is 0 Å². The Balaban J connectivity index is 0.000000106. The van der Waals surface area contributed by atoms with Crippen molar-refractivity contribution in [3.8, 4) is 77.9 Å². The first-order chi connectivity index (χ1) is 57.6. The molecule has 24 aromatic carbocycles. The minimum Gasteiger partial charge on any atom is -0.0622 e. The summed E-state index contributed by atoms with van der Waals surface area (Å²) in [6.45, 7) is 0. The van der Waals surface area contributed by atoms with E-state index in [9.17, 15) is 0 Å². The lowest BCUT2D eigenvalue weighted by molar-refractivity contribution is 1.61. The van der Waals surface area contributed by atoms with Crippen LogP contribution in [-0.4, -0.2) is 0 Å². The van der Waals surface area contributed by atoms with Crippen LogP contribution in [0.5, 0.6) is 0 Å². The monoisotopic (exact) mass is 1470 g/mol. The molecule has 0 amide bonds. The van der Waals surface area contributed by atoms with Crippen molar-refractivity contribution < 1.29 is 0 Å². The standard InChI is InChI=1S/C40H26.2C38H24/c1-2-11-27(12-3-1)31-16-10-17-32(25-31)39-36-20-9-8-19-35(36)38(33-22-21-28-13-4-5-15-30(28)26-33)37-24-23-29-14-6-7-18-34(29)40(37)39;1-4-16-28-25(11-1)14-9-21-31(28)36-33-19-7-8-20-34(33)38(32-22-10-15-26-12-2-5-17-29(26)32)37-30-18-6-3-13-27(30)23-24-35(36)37;1-3-12-28-23-30(19-17-25(28)9-1)36-33-15-7-8-16-34(33)37(31-20-18-26-10-2-4-13-29(26)24-31)38-32-14-6-5-11-27(32)21-22-35(36)38/h1-26H;2*1-24H. The van der Waals surface area contributed by atoms with Crippen molar-refractivity contribution in [1.29, 1.82) is 0 Å². The molecule has 0 heterocycles. The van der Waals surface area contributed by atoms with E-state index in [2.05, 4.69) is 449 Å². The van der Waals surface area contributed by atoms with E-state index in [4.69, 9.17) is 0 Å². The highest BCUT2D eigenvalue weighted by molar-refractivity contribution is 6.33. The third kappa shape index (κ3) is 11.6. The molecule has 0 saturated heterocycles. The predicted octanol–water partition coefficient (Wildman–Crippen LogP) is 32.9. The van der Waals surface area contributed by atoms with Crippen molar-refractivity contribution >= 4 is 151 Å². The zero-order valence-electron chi connectivity index (χ0n) is 63.7. The van der Waals surface area contributed by atoms with Crippen molar-refractivity contribution in [3.05, 3.63) is 449 Å². The van der Waals surface area contributed by atoms with Gasteiger partial charge in [0.25, 0.3) is 0 Å². The Bertz CT molecular complexity index is 8070. The second-order valence-corrected chi connectivity index (χ2v) is 30.7. The van der Waals surface area contributed by atoms with E-state index in [-0.39, 0.29) is 0 Å². The van der Waals surface area contributed by atoms with Gasteiger partial charge in [0.05, 0.1) is 0 Å². The van der Waals surface area contributed by atoms with E-state index in [1.165, 1.54) is 229 Å². The van der Waals surface area contributed by atoms with Gasteiger partial charge in [-0.05, 0) is 253 Å². The average Bonchev–Trinajstić information content (AvgIpc) is 0.727. The zero-order valence-corrected chi connectivity index (χ0v) is 63.7. The van der Waals surface area contributed by atoms with Crippen LogP contribution < -0.4 is 0 Å². The first kappa shape index (κ1) is 67.8. The molecule has 24 aromatic rings. The summed E-state index contributed by atoms with van der Waals surface area (Å²) in [5, 5.41) is 35.9. The Morgan fingerprint density at radius 2 is 0.336 bits per heavy atom. The molecular formula is C116H74. The van der Waals surface area contributed by atoms with E-state index in [0.29, 0.717) is 0 Å².